The highest BCUT2D eigenvalue weighted by Gasteiger charge is 1.69. The SMILES string of the molecule is C[C]C[CH]C. The lowest BCUT2D eigenvalue weighted by molar-refractivity contribution is 1.10. The molecular formula is C5H9. The summed E-state index contributed by atoms with van der Waals surface area (Å²) in [4.78, 5) is 0. The van der Waals surface area contributed by atoms with Gasteiger partial charge in [-0.1, -0.05) is 13.8 Å². The van der Waals surface area contributed by atoms with E-state index >= 15 is 0 Å². The van der Waals surface area contributed by atoms with Gasteiger partial charge in [-0.15, -0.1) is 0 Å². The minimum absolute atomic E-state index is 1.01. The Kier molecular flexibility index (Phi) is 4.00. The van der Waals surface area contributed by atoms with Crippen molar-refractivity contribution in [1.82, 2.24) is 0 Å². The number of hydrogen-bond donors (Lipinski definition) is 0. The summed E-state index contributed by atoms with van der Waals surface area (Å²) in [5.74, 6) is 0. The molecule has 0 N–H and O–H groups in total. The molecule has 0 amide bonds. The van der Waals surface area contributed by atoms with Gasteiger partial charge >= 0.3 is 0 Å². The molecule has 0 aromatic carbocycles. The normalized spacial score (nSPS) is 8.40. The van der Waals surface area contributed by atoms with Gasteiger partial charge in [-0.05, 0) is 19.3 Å². The molecule has 0 heteroatoms. The lowest BCUT2D eigenvalue weighted by Crippen LogP contribution is -1.62. The molecule has 0 atom stereocenters. The summed E-state index contributed by atoms with van der Waals surface area (Å²) >= 11 is 0. The molecule has 29 valence electrons. The first-order valence-corrected chi connectivity index (χ1v) is 1.84. The Hall–Kier alpha value is 0. The van der Waals surface area contributed by atoms with E-state index in [0.717, 1.165) is 6.42 Å². The number of unbranched alkanes of at least 4 members (excludes halogenated alkanes) is 2. The second kappa shape index (κ2) is 4.00. The molecule has 0 rings (SSSR count). The highest BCUT2D eigenvalue weighted by Crippen LogP contribution is 1.85. The maximum absolute atomic E-state index is 2.96. The van der Waals surface area contributed by atoms with Crippen molar-refractivity contribution >= 4 is 0 Å². The van der Waals surface area contributed by atoms with Gasteiger partial charge in [-0.2, -0.15) is 0 Å². The highest BCUT2D eigenvalue weighted by molar-refractivity contribution is 4.65. The third-order valence-corrected chi connectivity index (χ3v) is 0.408. The van der Waals surface area contributed by atoms with Crippen LogP contribution in [0.2, 0.25) is 0 Å². The Morgan fingerprint density at radius 3 is 2.40 bits per heavy atom. The van der Waals surface area contributed by atoms with Crippen LogP contribution in [0.5, 0.6) is 0 Å². The molecule has 0 saturated carbocycles. The minimum atomic E-state index is 1.01. The van der Waals surface area contributed by atoms with Crippen LogP contribution in [0.4, 0.5) is 0 Å². The molecule has 3 radical (unpaired) electrons. The summed E-state index contributed by atoms with van der Waals surface area (Å²) in [6.45, 7) is 3.95. The first kappa shape index (κ1) is 5.00. The summed E-state index contributed by atoms with van der Waals surface area (Å²) in [5, 5.41) is 0. The fourth-order valence-electron chi connectivity index (χ4n) is 0.204. The first-order chi connectivity index (χ1) is 2.41. The summed E-state index contributed by atoms with van der Waals surface area (Å²) in [6, 6.07) is 0. The minimum Gasteiger partial charge on any atom is -0.0622 e. The molecule has 0 heterocycles. The third kappa shape index (κ3) is 4.00. The summed E-state index contributed by atoms with van der Waals surface area (Å²) in [6.07, 6.45) is 6.05. The molecular weight excluding hydrogens is 60.1 g/mol. The van der Waals surface area contributed by atoms with E-state index in [0.29, 0.717) is 0 Å². The Morgan fingerprint density at radius 1 is 1.80 bits per heavy atom. The van der Waals surface area contributed by atoms with Gasteiger partial charge in [0.05, 0.1) is 0 Å². The average molecular weight is 69.1 g/mol. The molecule has 0 aliphatic carbocycles. The van der Waals surface area contributed by atoms with Crippen LogP contribution in [0.1, 0.15) is 20.3 Å². The molecule has 0 aromatic rings. The van der Waals surface area contributed by atoms with Crippen LogP contribution >= 0.6 is 0 Å². The van der Waals surface area contributed by atoms with Gasteiger partial charge in [0.15, 0.2) is 0 Å². The van der Waals surface area contributed by atoms with E-state index in [-0.39, 0.29) is 0 Å². The van der Waals surface area contributed by atoms with E-state index in [1.165, 1.54) is 0 Å². The summed E-state index contributed by atoms with van der Waals surface area (Å²) in [5.41, 5.74) is 0. The lowest BCUT2D eigenvalue weighted by atomic mass is 10.3. The topological polar surface area (TPSA) is 0 Å². The lowest BCUT2D eigenvalue weighted by Gasteiger charge is -1.77. The van der Waals surface area contributed by atoms with Crippen molar-refractivity contribution in [2.75, 3.05) is 0 Å². The molecule has 0 saturated heterocycles. The summed E-state index contributed by atoms with van der Waals surface area (Å²) in [7, 11) is 0. The Labute approximate surface area is 34.2 Å². The van der Waals surface area contributed by atoms with E-state index in [1.807, 2.05) is 13.8 Å². The second-order valence-electron chi connectivity index (χ2n) is 0.966. The molecule has 0 aromatic heterocycles. The van der Waals surface area contributed by atoms with Crippen molar-refractivity contribution in [3.05, 3.63) is 12.8 Å². The van der Waals surface area contributed by atoms with Crippen molar-refractivity contribution in [3.8, 4) is 0 Å². The van der Waals surface area contributed by atoms with Gasteiger partial charge in [0.25, 0.3) is 0 Å². The summed E-state index contributed by atoms with van der Waals surface area (Å²) < 4.78 is 0. The highest BCUT2D eigenvalue weighted by atomic mass is 13.7. The molecule has 0 aliphatic rings. The van der Waals surface area contributed by atoms with Crippen LogP contribution in [-0.2, 0) is 0 Å². The van der Waals surface area contributed by atoms with Gasteiger partial charge in [-0.25, -0.2) is 0 Å². The zero-order valence-corrected chi connectivity index (χ0v) is 3.78. The van der Waals surface area contributed by atoms with Crippen LogP contribution in [-0.4, -0.2) is 0 Å². The number of rotatable bonds is 2. The molecule has 0 spiro atoms. The van der Waals surface area contributed by atoms with E-state index in [4.69, 9.17) is 0 Å². The van der Waals surface area contributed by atoms with Crippen molar-refractivity contribution in [2.45, 2.75) is 20.3 Å². The number of hydrogen-bond acceptors (Lipinski definition) is 0. The maximum atomic E-state index is 2.96. The quantitative estimate of drug-likeness (QED) is 0.463. The van der Waals surface area contributed by atoms with Gasteiger partial charge in [-0.3, -0.25) is 0 Å². The molecule has 5 heavy (non-hydrogen) atoms. The molecule has 0 unspecified atom stereocenters. The fraction of sp³-hybridized carbons (Fsp3) is 0.600. The fourth-order valence-corrected chi connectivity index (χ4v) is 0.204. The van der Waals surface area contributed by atoms with Crippen LogP contribution in [0.25, 0.3) is 0 Å². The predicted octanol–water partition coefficient (Wildman–Crippen LogP) is 1.70. The third-order valence-electron chi connectivity index (χ3n) is 0.408. The van der Waals surface area contributed by atoms with Crippen LogP contribution in [0.15, 0.2) is 0 Å². The molecule has 0 fully saturated rings. The Balaban J connectivity index is 2.19. The zero-order chi connectivity index (χ0) is 4.12. The van der Waals surface area contributed by atoms with Crippen molar-refractivity contribution in [1.29, 1.82) is 0 Å². The van der Waals surface area contributed by atoms with Crippen molar-refractivity contribution < 1.29 is 0 Å². The first-order valence-electron chi connectivity index (χ1n) is 1.84. The van der Waals surface area contributed by atoms with Gasteiger partial charge < -0.3 is 0 Å². The van der Waals surface area contributed by atoms with Crippen molar-refractivity contribution in [2.24, 2.45) is 0 Å². The largest absolute Gasteiger partial charge is 0.0622 e. The standard InChI is InChI=1S/C5H9/c1-3-5-4-2/h3H,5H2,1-2H3. The van der Waals surface area contributed by atoms with E-state index in [1.54, 1.807) is 0 Å². The monoisotopic (exact) mass is 69.1 g/mol. The second-order valence-corrected chi connectivity index (χ2v) is 0.966. The van der Waals surface area contributed by atoms with Gasteiger partial charge in [0.1, 0.15) is 0 Å². The van der Waals surface area contributed by atoms with E-state index in [9.17, 15) is 0 Å². The van der Waals surface area contributed by atoms with Crippen LogP contribution in [0, 0.1) is 12.8 Å². The van der Waals surface area contributed by atoms with Gasteiger partial charge in [0, 0.05) is 0 Å². The molecule has 0 aliphatic heterocycles. The molecule has 0 bridgehead atoms. The molecule has 0 nitrogen and oxygen atoms in total. The predicted molar refractivity (Wildman–Crippen MR) is 23.5 cm³/mol. The Bertz CT molecular complexity index is 7.51. The zero-order valence-electron chi connectivity index (χ0n) is 3.78. The maximum Gasteiger partial charge on any atom is -0.0204 e. The van der Waals surface area contributed by atoms with E-state index < -0.39 is 0 Å². The average Bonchev–Trinajstić information content (AvgIpc) is 1.41. The smallest absolute Gasteiger partial charge is 0.0204 e. The van der Waals surface area contributed by atoms with Crippen LogP contribution < -0.4 is 0 Å². The van der Waals surface area contributed by atoms with Crippen molar-refractivity contribution in [3.63, 3.8) is 0 Å². The Morgan fingerprint density at radius 2 is 2.40 bits per heavy atom. The van der Waals surface area contributed by atoms with E-state index in [2.05, 4.69) is 12.8 Å². The van der Waals surface area contributed by atoms with Crippen LogP contribution in [0.3, 0.4) is 0 Å². The van der Waals surface area contributed by atoms with Gasteiger partial charge in [0.2, 0.25) is 0 Å².